The maximum atomic E-state index is 6.02. The number of fused-ring (bicyclic) bond motifs is 1. The molecule has 0 radical (unpaired) electrons. The Bertz CT molecular complexity index is 542. The highest BCUT2D eigenvalue weighted by Crippen LogP contribution is 2.38. The fourth-order valence-corrected chi connectivity index (χ4v) is 2.95. The number of hydrogen-bond acceptors (Lipinski definition) is 3. The summed E-state index contributed by atoms with van der Waals surface area (Å²) in [5, 5.41) is 8.92. The van der Waals surface area contributed by atoms with Crippen LogP contribution in [-0.4, -0.2) is 19.6 Å². The summed E-state index contributed by atoms with van der Waals surface area (Å²) in [6, 6.07) is 0. The lowest BCUT2D eigenvalue weighted by Crippen LogP contribution is -2.27. The number of halogens is 1. The van der Waals surface area contributed by atoms with E-state index in [4.69, 9.17) is 11.6 Å². The Balaban J connectivity index is 2.14. The van der Waals surface area contributed by atoms with Crippen LogP contribution in [0.5, 0.6) is 0 Å². The van der Waals surface area contributed by atoms with Crippen molar-refractivity contribution in [1.82, 2.24) is 19.6 Å². The van der Waals surface area contributed by atoms with Gasteiger partial charge < -0.3 is 0 Å². The molecule has 0 aromatic carbocycles. The van der Waals surface area contributed by atoms with Gasteiger partial charge in [0.25, 0.3) is 0 Å². The van der Waals surface area contributed by atoms with Crippen LogP contribution in [0.4, 0.5) is 0 Å². The molecule has 0 atom stereocenters. The second-order valence-electron chi connectivity index (χ2n) is 5.06. The van der Waals surface area contributed by atoms with Gasteiger partial charge in [0, 0.05) is 17.8 Å². The van der Waals surface area contributed by atoms with Crippen molar-refractivity contribution >= 4 is 17.2 Å². The Morgan fingerprint density at radius 2 is 2.00 bits per heavy atom. The molecule has 0 bridgehead atoms. The van der Waals surface area contributed by atoms with E-state index in [1.165, 1.54) is 32.1 Å². The predicted octanol–water partition coefficient (Wildman–Crippen LogP) is 3.00. The Hall–Kier alpha value is -1.16. The van der Waals surface area contributed by atoms with Crippen molar-refractivity contribution < 1.29 is 0 Å². The molecule has 2 heterocycles. The van der Waals surface area contributed by atoms with Gasteiger partial charge in [-0.2, -0.15) is 0 Å². The molecule has 2 aromatic heterocycles. The highest BCUT2D eigenvalue weighted by Gasteiger charge is 2.33. The van der Waals surface area contributed by atoms with Gasteiger partial charge in [0.05, 0.1) is 0 Å². The highest BCUT2D eigenvalue weighted by atomic mass is 35.5. The van der Waals surface area contributed by atoms with Gasteiger partial charge in [-0.25, -0.2) is 4.98 Å². The lowest BCUT2D eigenvalue weighted by molar-refractivity contribution is 0.302. The summed E-state index contributed by atoms with van der Waals surface area (Å²) in [6.07, 6.45) is 9.81. The summed E-state index contributed by atoms with van der Waals surface area (Å²) >= 11 is 6.02. The Morgan fingerprint density at radius 1 is 1.24 bits per heavy atom. The van der Waals surface area contributed by atoms with Gasteiger partial charge in [-0.1, -0.05) is 37.8 Å². The Morgan fingerprint density at radius 3 is 2.76 bits per heavy atom. The van der Waals surface area contributed by atoms with E-state index in [1.54, 1.807) is 6.20 Å². The molecular weight excluding hydrogens is 236 g/mol. The van der Waals surface area contributed by atoms with E-state index in [2.05, 4.69) is 22.1 Å². The Labute approximate surface area is 105 Å². The van der Waals surface area contributed by atoms with Gasteiger partial charge in [-0.3, -0.25) is 4.40 Å². The molecule has 4 nitrogen and oxygen atoms in total. The van der Waals surface area contributed by atoms with E-state index >= 15 is 0 Å². The molecule has 0 unspecified atom stereocenters. The fraction of sp³-hybridized carbons (Fsp3) is 0.583. The van der Waals surface area contributed by atoms with Crippen LogP contribution in [0, 0.1) is 0 Å². The third kappa shape index (κ3) is 1.71. The first-order chi connectivity index (χ1) is 8.21. The lowest BCUT2D eigenvalue weighted by Gasteiger charge is -2.31. The molecular formula is C12H15ClN4. The van der Waals surface area contributed by atoms with Crippen molar-refractivity contribution in [3.05, 3.63) is 23.4 Å². The van der Waals surface area contributed by atoms with Crippen molar-refractivity contribution in [1.29, 1.82) is 0 Å². The molecule has 90 valence electrons. The van der Waals surface area contributed by atoms with Crippen molar-refractivity contribution in [3.8, 4) is 0 Å². The molecule has 0 spiro atoms. The summed E-state index contributed by atoms with van der Waals surface area (Å²) in [7, 11) is 0. The van der Waals surface area contributed by atoms with E-state index in [1.807, 2.05) is 10.6 Å². The normalized spacial score (nSPS) is 19.6. The SMILES string of the molecule is CC1(c2nnc3c(Cl)nccn23)CCCCC1. The Kier molecular flexibility index (Phi) is 2.54. The predicted molar refractivity (Wildman–Crippen MR) is 66.2 cm³/mol. The average Bonchev–Trinajstić information content (AvgIpc) is 2.76. The number of aromatic nitrogens is 4. The molecule has 0 N–H and O–H groups in total. The minimum atomic E-state index is 0.127. The lowest BCUT2D eigenvalue weighted by atomic mass is 9.75. The summed E-state index contributed by atoms with van der Waals surface area (Å²) in [5.74, 6) is 1.02. The summed E-state index contributed by atoms with van der Waals surface area (Å²) in [5.41, 5.74) is 0.790. The van der Waals surface area contributed by atoms with Crippen molar-refractivity contribution in [2.24, 2.45) is 0 Å². The van der Waals surface area contributed by atoms with E-state index < -0.39 is 0 Å². The number of hydrogen-bond donors (Lipinski definition) is 0. The van der Waals surface area contributed by atoms with Gasteiger partial charge >= 0.3 is 0 Å². The quantitative estimate of drug-likeness (QED) is 0.782. The van der Waals surface area contributed by atoms with Crippen molar-refractivity contribution in [2.45, 2.75) is 44.4 Å². The van der Waals surface area contributed by atoms with Crippen LogP contribution in [0.15, 0.2) is 12.4 Å². The third-order valence-electron chi connectivity index (χ3n) is 3.78. The fourth-order valence-electron chi connectivity index (χ4n) is 2.76. The molecule has 0 saturated heterocycles. The zero-order valence-corrected chi connectivity index (χ0v) is 10.6. The first-order valence-corrected chi connectivity index (χ1v) is 6.44. The zero-order chi connectivity index (χ0) is 11.9. The zero-order valence-electron chi connectivity index (χ0n) is 9.86. The summed E-state index contributed by atoms with van der Waals surface area (Å²) < 4.78 is 1.99. The molecule has 5 heteroatoms. The second-order valence-corrected chi connectivity index (χ2v) is 5.41. The van der Waals surface area contributed by atoms with Crippen LogP contribution in [0.2, 0.25) is 5.15 Å². The smallest absolute Gasteiger partial charge is 0.198 e. The maximum absolute atomic E-state index is 6.02. The van der Waals surface area contributed by atoms with Gasteiger partial charge in [0.1, 0.15) is 5.82 Å². The van der Waals surface area contributed by atoms with E-state index in [0.717, 1.165) is 5.82 Å². The van der Waals surface area contributed by atoms with Crippen LogP contribution in [0.25, 0.3) is 5.65 Å². The monoisotopic (exact) mass is 250 g/mol. The van der Waals surface area contributed by atoms with E-state index in [9.17, 15) is 0 Å². The summed E-state index contributed by atoms with van der Waals surface area (Å²) in [6.45, 7) is 2.27. The number of nitrogens with zero attached hydrogens (tertiary/aromatic N) is 4. The molecule has 2 aromatic rings. The van der Waals surface area contributed by atoms with Gasteiger partial charge in [0.15, 0.2) is 10.8 Å². The van der Waals surface area contributed by atoms with Crippen LogP contribution < -0.4 is 0 Å². The van der Waals surface area contributed by atoms with Crippen LogP contribution in [0.1, 0.15) is 44.9 Å². The van der Waals surface area contributed by atoms with Crippen LogP contribution >= 0.6 is 11.6 Å². The maximum Gasteiger partial charge on any atom is 0.198 e. The molecule has 1 aliphatic rings. The first-order valence-electron chi connectivity index (χ1n) is 6.06. The summed E-state index contributed by atoms with van der Waals surface area (Å²) in [4.78, 5) is 4.03. The molecule has 1 fully saturated rings. The van der Waals surface area contributed by atoms with Gasteiger partial charge in [0.2, 0.25) is 0 Å². The average molecular weight is 251 g/mol. The largest absolute Gasteiger partial charge is 0.282 e. The molecule has 3 rings (SSSR count). The molecule has 0 amide bonds. The van der Waals surface area contributed by atoms with Crippen LogP contribution in [-0.2, 0) is 5.41 Å². The van der Waals surface area contributed by atoms with Crippen LogP contribution in [0.3, 0.4) is 0 Å². The standard InChI is InChI=1S/C12H15ClN4/c1-12(5-3-2-4-6-12)11-16-15-10-9(13)14-7-8-17(10)11/h7-8H,2-6H2,1H3. The third-order valence-corrected chi connectivity index (χ3v) is 4.05. The van der Waals surface area contributed by atoms with E-state index in [-0.39, 0.29) is 5.41 Å². The van der Waals surface area contributed by atoms with Crippen molar-refractivity contribution in [2.75, 3.05) is 0 Å². The second kappa shape index (κ2) is 3.95. The first kappa shape index (κ1) is 11.0. The highest BCUT2D eigenvalue weighted by molar-refractivity contribution is 6.32. The topological polar surface area (TPSA) is 43.1 Å². The molecule has 17 heavy (non-hydrogen) atoms. The molecule has 1 saturated carbocycles. The van der Waals surface area contributed by atoms with Gasteiger partial charge in [-0.05, 0) is 12.8 Å². The van der Waals surface area contributed by atoms with Gasteiger partial charge in [-0.15, -0.1) is 10.2 Å². The molecule has 0 aliphatic heterocycles. The molecule has 1 aliphatic carbocycles. The number of rotatable bonds is 1. The van der Waals surface area contributed by atoms with E-state index in [0.29, 0.717) is 10.8 Å². The minimum Gasteiger partial charge on any atom is -0.282 e. The van der Waals surface area contributed by atoms with Crippen molar-refractivity contribution in [3.63, 3.8) is 0 Å². The minimum absolute atomic E-state index is 0.127.